The Morgan fingerprint density at radius 3 is 2.59 bits per heavy atom. The van der Waals surface area contributed by atoms with Crippen LogP contribution in [0.2, 0.25) is 5.02 Å². The van der Waals surface area contributed by atoms with Gasteiger partial charge in [0.25, 0.3) is 5.91 Å². The molecule has 7 nitrogen and oxygen atoms in total. The maximum atomic E-state index is 13.6. The van der Waals surface area contributed by atoms with E-state index in [9.17, 15) is 9.18 Å². The van der Waals surface area contributed by atoms with E-state index in [0.29, 0.717) is 62.1 Å². The maximum absolute atomic E-state index is 13.6. The van der Waals surface area contributed by atoms with E-state index in [0.717, 1.165) is 74.5 Å². The van der Waals surface area contributed by atoms with Crippen LogP contribution in [0.5, 0.6) is 5.75 Å². The number of hydrogen-bond acceptors (Lipinski definition) is 7. The Morgan fingerprint density at radius 1 is 0.980 bits per heavy atom. The molecule has 0 aromatic heterocycles. The van der Waals surface area contributed by atoms with Crippen molar-refractivity contribution in [1.82, 2.24) is 9.62 Å². The van der Waals surface area contributed by atoms with Crippen LogP contribution in [0.1, 0.15) is 80.3 Å². The number of anilines is 1. The van der Waals surface area contributed by atoms with E-state index in [1.165, 1.54) is 29.5 Å². The molecule has 2 aromatic carbocycles. The second kappa shape index (κ2) is 14.2. The number of amides is 1. The zero-order valence-electron chi connectivity index (χ0n) is 28.9. The summed E-state index contributed by atoms with van der Waals surface area (Å²) in [6, 6.07) is 12.5. The number of carbonyl (C=O) groups is 1. The third-order valence-electron chi connectivity index (χ3n) is 12.8. The first-order chi connectivity index (χ1) is 23.8. The van der Waals surface area contributed by atoms with Crippen LogP contribution in [0.15, 0.2) is 36.4 Å². The Bertz CT molecular complexity index is 1520. The van der Waals surface area contributed by atoms with Gasteiger partial charge in [-0.3, -0.25) is 14.4 Å². The summed E-state index contributed by atoms with van der Waals surface area (Å²) in [7, 11) is 0. The van der Waals surface area contributed by atoms with Crippen molar-refractivity contribution < 1.29 is 23.4 Å². The predicted molar refractivity (Wildman–Crippen MR) is 193 cm³/mol. The maximum Gasteiger partial charge on any atom is 0.261 e. The Labute approximate surface area is 300 Å². The highest BCUT2D eigenvalue weighted by Crippen LogP contribution is 2.49. The van der Waals surface area contributed by atoms with Crippen molar-refractivity contribution in [2.75, 3.05) is 50.9 Å². The van der Waals surface area contributed by atoms with Gasteiger partial charge in [-0.25, -0.2) is 4.39 Å². The molecule has 1 N–H and O–H groups in total. The highest BCUT2D eigenvalue weighted by molar-refractivity contribution is 7.98. The molecule has 2 aromatic rings. The number of alkyl halides is 1. The molecular weight excluding hydrogens is 661 g/mol. The molecule has 2 aliphatic carbocycles. The minimum absolute atomic E-state index is 0.0535. The molecule has 4 aliphatic heterocycles. The molecule has 1 saturated carbocycles. The van der Waals surface area contributed by atoms with Gasteiger partial charge in [0.15, 0.2) is 6.29 Å². The van der Waals surface area contributed by atoms with E-state index in [2.05, 4.69) is 46.6 Å². The smallest absolute Gasteiger partial charge is 0.261 e. The Balaban J connectivity index is 1.11. The predicted octanol–water partition coefficient (Wildman–Crippen LogP) is 7.44. The second-order valence-corrected chi connectivity index (χ2v) is 17.5. The van der Waals surface area contributed by atoms with Crippen molar-refractivity contribution in [1.29, 1.82) is 0 Å². The number of fused-ring (bicyclic) bond motifs is 4. The van der Waals surface area contributed by atoms with Gasteiger partial charge in [0.1, 0.15) is 11.9 Å². The minimum atomic E-state index is -0.720. The van der Waals surface area contributed by atoms with Crippen LogP contribution < -0.4 is 14.4 Å². The lowest BCUT2D eigenvalue weighted by atomic mass is 9.64. The number of rotatable bonds is 2. The van der Waals surface area contributed by atoms with Crippen LogP contribution in [0.3, 0.4) is 0 Å². The lowest BCUT2D eigenvalue weighted by Gasteiger charge is -2.50. The lowest BCUT2D eigenvalue weighted by molar-refractivity contribution is -0.249. The van der Waals surface area contributed by atoms with E-state index in [1.54, 1.807) is 0 Å². The van der Waals surface area contributed by atoms with Crippen LogP contribution in [0, 0.1) is 23.7 Å². The summed E-state index contributed by atoms with van der Waals surface area (Å²) in [6.45, 7) is 9.05. The van der Waals surface area contributed by atoms with Crippen LogP contribution >= 0.6 is 23.5 Å². The lowest BCUT2D eigenvalue weighted by Crippen LogP contribution is -2.59. The Kier molecular flexibility index (Phi) is 9.85. The zero-order valence-corrected chi connectivity index (χ0v) is 30.5. The summed E-state index contributed by atoms with van der Waals surface area (Å²) < 4.78 is 36.6. The van der Waals surface area contributed by atoms with Gasteiger partial charge in [0.2, 0.25) is 0 Å². The standard InChI is InChI=1S/C39H51ClFN3O4S/c1-24-5-3-7-33(38-46-20-31(21-47-38)43-18-30(41)19-43)32-11-8-28(32)17-44-22-39(14-4-6-26-15-29(40)10-12-34(26)39)23-48-36-13-9-27(16-35(36)44)37(45)42-49-25(24)2/h9-10,12-13,15-16,24-25,28,30-33,38H,3-8,11,14,17-23H2,1-2H3,(H,42,45)/t24-,25+,28-,31-,32+,33+,38+,39-/m0/s1. The van der Waals surface area contributed by atoms with Crippen molar-refractivity contribution in [3.05, 3.63) is 58.1 Å². The van der Waals surface area contributed by atoms with Gasteiger partial charge in [-0.15, -0.1) is 0 Å². The molecule has 0 radical (unpaired) electrons. The number of ether oxygens (including phenoxy) is 3. The summed E-state index contributed by atoms with van der Waals surface area (Å²) >= 11 is 8.03. The van der Waals surface area contributed by atoms with Crippen LogP contribution in [-0.4, -0.2) is 80.6 Å². The summed E-state index contributed by atoms with van der Waals surface area (Å²) in [5, 5.41) is 1.07. The summed E-state index contributed by atoms with van der Waals surface area (Å²) in [5.74, 6) is 2.53. The molecule has 4 heterocycles. The van der Waals surface area contributed by atoms with Gasteiger partial charge in [-0.05, 0) is 116 Å². The summed E-state index contributed by atoms with van der Waals surface area (Å²) in [4.78, 5) is 18.2. The van der Waals surface area contributed by atoms with E-state index >= 15 is 0 Å². The van der Waals surface area contributed by atoms with E-state index in [4.69, 9.17) is 25.8 Å². The second-order valence-electron chi connectivity index (χ2n) is 15.9. The van der Waals surface area contributed by atoms with Crippen LogP contribution in [0.4, 0.5) is 10.1 Å². The van der Waals surface area contributed by atoms with Gasteiger partial charge >= 0.3 is 0 Å². The zero-order chi connectivity index (χ0) is 33.7. The van der Waals surface area contributed by atoms with Crippen molar-refractivity contribution in [2.45, 2.75) is 94.4 Å². The normalized spacial score (nSPS) is 36.0. The fourth-order valence-electron chi connectivity index (χ4n) is 9.43. The van der Waals surface area contributed by atoms with Crippen LogP contribution in [0.25, 0.3) is 0 Å². The number of aryl methyl sites for hydroxylation is 1. The monoisotopic (exact) mass is 711 g/mol. The fourth-order valence-corrected chi connectivity index (χ4v) is 10.4. The molecule has 2 bridgehead atoms. The Morgan fingerprint density at radius 2 is 1.82 bits per heavy atom. The van der Waals surface area contributed by atoms with Gasteiger partial charge < -0.3 is 19.1 Å². The highest BCUT2D eigenvalue weighted by Gasteiger charge is 2.47. The van der Waals surface area contributed by atoms with E-state index in [-0.39, 0.29) is 28.9 Å². The number of likely N-dealkylation sites (tertiary alicyclic amines) is 1. The quantitative estimate of drug-likeness (QED) is 0.325. The summed E-state index contributed by atoms with van der Waals surface area (Å²) in [5.41, 5.74) is 4.19. The average molecular weight is 712 g/mol. The highest BCUT2D eigenvalue weighted by atomic mass is 35.5. The number of nitrogens with one attached hydrogen (secondary N) is 1. The first kappa shape index (κ1) is 34.1. The number of nitrogens with zero attached hydrogens (tertiary/aromatic N) is 2. The van der Waals surface area contributed by atoms with Crippen molar-refractivity contribution >= 4 is 35.1 Å². The third-order valence-corrected chi connectivity index (χ3v) is 14.1. The summed E-state index contributed by atoms with van der Waals surface area (Å²) in [6.07, 6.45) is 7.82. The molecule has 3 fully saturated rings. The molecule has 6 atom stereocenters. The first-order valence-corrected chi connectivity index (χ1v) is 19.9. The molecule has 1 spiro atoms. The molecule has 0 unspecified atom stereocenters. The SMILES string of the molecule is C[C@H]1CCC[C@@H]([C@H]2OC[C@@H](N3CC(F)C3)CO2)[C@@H]2CC[C@H]2CN2C[C@@]3(CCCc4cc(Cl)ccc43)COc3ccc(cc32)C(=O)NS[C@@H]1C. The number of carbonyl (C=O) groups excluding carboxylic acids is 1. The van der Waals surface area contributed by atoms with E-state index < -0.39 is 6.17 Å². The van der Waals surface area contributed by atoms with Gasteiger partial charge in [0, 0.05) is 53.3 Å². The molecular formula is C39H51ClFN3O4S. The van der Waals surface area contributed by atoms with Gasteiger partial charge in [-0.2, -0.15) is 0 Å². The third kappa shape index (κ3) is 6.84. The number of benzene rings is 2. The number of halogens is 2. The molecule has 2 saturated heterocycles. The number of hydrogen-bond donors (Lipinski definition) is 1. The van der Waals surface area contributed by atoms with Crippen molar-refractivity contribution in [3.63, 3.8) is 0 Å². The Hall–Kier alpha value is -2.04. The molecule has 6 aliphatic rings. The fraction of sp³-hybridized carbons (Fsp3) is 0.667. The van der Waals surface area contributed by atoms with Gasteiger partial charge in [0.05, 0.1) is 31.5 Å². The molecule has 8 rings (SSSR count). The molecule has 49 heavy (non-hydrogen) atoms. The molecule has 10 heteroatoms. The first-order valence-electron chi connectivity index (χ1n) is 18.6. The topological polar surface area (TPSA) is 63.3 Å². The van der Waals surface area contributed by atoms with Gasteiger partial charge in [-0.1, -0.05) is 37.9 Å². The van der Waals surface area contributed by atoms with Crippen molar-refractivity contribution in [2.24, 2.45) is 23.7 Å². The average Bonchev–Trinajstić information content (AvgIpc) is 3.23. The molecule has 1 amide bonds. The van der Waals surface area contributed by atoms with E-state index in [1.807, 2.05) is 18.2 Å². The van der Waals surface area contributed by atoms with Crippen LogP contribution in [-0.2, 0) is 21.3 Å². The minimum Gasteiger partial charge on any atom is -0.490 e. The van der Waals surface area contributed by atoms with Crippen molar-refractivity contribution in [3.8, 4) is 5.75 Å². The largest absolute Gasteiger partial charge is 0.490 e. The molecule has 266 valence electrons.